The van der Waals surface area contributed by atoms with Gasteiger partial charge in [-0.25, -0.2) is 0 Å². The number of halogens is 1. The van der Waals surface area contributed by atoms with Gasteiger partial charge in [0.05, 0.1) is 11.2 Å². The Kier molecular flexibility index (Phi) is 5.15. The van der Waals surface area contributed by atoms with Crippen molar-refractivity contribution in [3.05, 3.63) is 16.9 Å². The number of rotatable bonds is 6. The molecule has 0 fully saturated rings. The maximum absolute atomic E-state index is 12.1. The van der Waals surface area contributed by atoms with Crippen molar-refractivity contribution >= 4 is 17.4 Å². The summed E-state index contributed by atoms with van der Waals surface area (Å²) < 4.78 is 1.68. The average Bonchev–Trinajstić information content (AvgIpc) is 2.67. The lowest BCUT2D eigenvalue weighted by atomic mass is 10.0. The number of nitrogens with two attached hydrogens (primary N) is 1. The van der Waals surface area contributed by atoms with Crippen LogP contribution in [0.2, 0.25) is 5.02 Å². The zero-order valence-electron chi connectivity index (χ0n) is 10.6. The second-order valence-electron chi connectivity index (χ2n) is 4.68. The molecule has 0 aliphatic carbocycles. The number of ketones is 1. The lowest BCUT2D eigenvalue weighted by Gasteiger charge is -2.11. The zero-order chi connectivity index (χ0) is 13.0. The highest BCUT2D eigenvalue weighted by Gasteiger charge is 2.19. The van der Waals surface area contributed by atoms with Gasteiger partial charge < -0.3 is 5.73 Å². The summed E-state index contributed by atoms with van der Waals surface area (Å²) in [5.74, 6) is 0.398. The minimum absolute atomic E-state index is 0.0431. The van der Waals surface area contributed by atoms with Gasteiger partial charge in [-0.05, 0) is 32.7 Å². The molecule has 0 aliphatic heterocycles. The SMILES string of the molecule is CC(CN)CCC(=O)c1c(Cl)cnn1C(C)C. The highest BCUT2D eigenvalue weighted by Crippen LogP contribution is 2.21. The Morgan fingerprint density at radius 2 is 2.18 bits per heavy atom. The summed E-state index contributed by atoms with van der Waals surface area (Å²) in [7, 11) is 0. The molecule has 1 aromatic heterocycles. The van der Waals surface area contributed by atoms with Crippen molar-refractivity contribution in [1.29, 1.82) is 0 Å². The maximum Gasteiger partial charge on any atom is 0.182 e. The van der Waals surface area contributed by atoms with E-state index in [1.807, 2.05) is 20.8 Å². The highest BCUT2D eigenvalue weighted by atomic mass is 35.5. The minimum Gasteiger partial charge on any atom is -0.330 e. The predicted octanol–water partition coefficient (Wildman–Crippen LogP) is 2.68. The number of hydrogen-bond donors (Lipinski definition) is 1. The number of Topliss-reactive ketones (excluding diaryl/α,β-unsaturated/α-hetero) is 1. The van der Waals surface area contributed by atoms with Crippen molar-refractivity contribution in [1.82, 2.24) is 9.78 Å². The van der Waals surface area contributed by atoms with Crippen LogP contribution in [0, 0.1) is 5.92 Å². The quantitative estimate of drug-likeness (QED) is 0.797. The first-order valence-corrected chi connectivity index (χ1v) is 6.31. The summed E-state index contributed by atoms with van der Waals surface area (Å²) in [4.78, 5) is 12.1. The van der Waals surface area contributed by atoms with E-state index in [1.54, 1.807) is 4.68 Å². The van der Waals surface area contributed by atoms with Crippen LogP contribution >= 0.6 is 11.6 Å². The number of carbonyl (C=O) groups is 1. The molecule has 1 aromatic rings. The van der Waals surface area contributed by atoms with Gasteiger partial charge in [0.25, 0.3) is 0 Å². The third kappa shape index (κ3) is 3.54. The van der Waals surface area contributed by atoms with Gasteiger partial charge in [0, 0.05) is 12.5 Å². The van der Waals surface area contributed by atoms with E-state index in [2.05, 4.69) is 5.10 Å². The van der Waals surface area contributed by atoms with Crippen LogP contribution in [0.3, 0.4) is 0 Å². The van der Waals surface area contributed by atoms with E-state index >= 15 is 0 Å². The van der Waals surface area contributed by atoms with E-state index < -0.39 is 0 Å². The fraction of sp³-hybridized carbons (Fsp3) is 0.667. The molecule has 1 heterocycles. The number of hydrogen-bond acceptors (Lipinski definition) is 3. The fourth-order valence-corrected chi connectivity index (χ4v) is 1.84. The molecule has 1 atom stereocenters. The minimum atomic E-state index is 0.0431. The van der Waals surface area contributed by atoms with E-state index in [0.717, 1.165) is 6.42 Å². The van der Waals surface area contributed by atoms with Crippen molar-refractivity contribution in [2.75, 3.05) is 6.54 Å². The van der Waals surface area contributed by atoms with Gasteiger partial charge in [0.15, 0.2) is 5.78 Å². The van der Waals surface area contributed by atoms with Crippen molar-refractivity contribution in [3.63, 3.8) is 0 Å². The van der Waals surface area contributed by atoms with Crippen molar-refractivity contribution in [2.24, 2.45) is 11.7 Å². The van der Waals surface area contributed by atoms with Crippen LogP contribution in [0.4, 0.5) is 0 Å². The molecule has 0 bridgehead atoms. The van der Waals surface area contributed by atoms with Crippen LogP contribution in [0.1, 0.15) is 50.1 Å². The van der Waals surface area contributed by atoms with Gasteiger partial charge in [-0.1, -0.05) is 18.5 Å². The molecule has 1 rings (SSSR count). The summed E-state index contributed by atoms with van der Waals surface area (Å²) >= 11 is 6.00. The normalized spacial score (nSPS) is 13.1. The molecule has 1 unspecified atom stereocenters. The van der Waals surface area contributed by atoms with Gasteiger partial charge >= 0.3 is 0 Å². The molecule has 0 amide bonds. The highest BCUT2D eigenvalue weighted by molar-refractivity contribution is 6.33. The Balaban J connectivity index is 2.78. The number of carbonyl (C=O) groups excluding carboxylic acids is 1. The van der Waals surface area contributed by atoms with Gasteiger partial charge in [-0.3, -0.25) is 9.48 Å². The Morgan fingerprint density at radius 1 is 1.53 bits per heavy atom. The summed E-state index contributed by atoms with van der Waals surface area (Å²) in [6.45, 7) is 6.59. The first kappa shape index (κ1) is 14.2. The Morgan fingerprint density at radius 3 is 2.71 bits per heavy atom. The molecule has 0 aromatic carbocycles. The smallest absolute Gasteiger partial charge is 0.182 e. The molecule has 0 saturated heterocycles. The third-order valence-electron chi connectivity index (χ3n) is 2.77. The summed E-state index contributed by atoms with van der Waals surface area (Å²) in [6.07, 6.45) is 2.78. The average molecular weight is 258 g/mol. The molecular weight excluding hydrogens is 238 g/mol. The largest absolute Gasteiger partial charge is 0.330 e. The van der Waals surface area contributed by atoms with Crippen LogP contribution in [0.15, 0.2) is 6.20 Å². The summed E-state index contributed by atoms with van der Waals surface area (Å²) in [6, 6.07) is 0.133. The lowest BCUT2D eigenvalue weighted by Crippen LogP contribution is -2.16. The topological polar surface area (TPSA) is 60.9 Å². The second kappa shape index (κ2) is 6.17. The molecule has 0 saturated carbocycles. The lowest BCUT2D eigenvalue weighted by molar-refractivity contribution is 0.0963. The fourth-order valence-electron chi connectivity index (χ4n) is 1.61. The Labute approximate surface area is 107 Å². The molecule has 2 N–H and O–H groups in total. The molecule has 0 spiro atoms. The Hall–Kier alpha value is -0.870. The van der Waals surface area contributed by atoms with Crippen molar-refractivity contribution < 1.29 is 4.79 Å². The Bertz CT molecular complexity index is 387. The first-order chi connectivity index (χ1) is 7.97. The first-order valence-electron chi connectivity index (χ1n) is 5.93. The van der Waals surface area contributed by atoms with Crippen LogP contribution in [-0.4, -0.2) is 22.1 Å². The van der Waals surface area contributed by atoms with Crippen LogP contribution in [0.25, 0.3) is 0 Å². The molecule has 17 heavy (non-hydrogen) atoms. The molecule has 4 nitrogen and oxygen atoms in total. The second-order valence-corrected chi connectivity index (χ2v) is 5.09. The molecular formula is C12H20ClN3O. The van der Waals surface area contributed by atoms with Gasteiger partial charge in [-0.15, -0.1) is 0 Å². The van der Waals surface area contributed by atoms with E-state index in [4.69, 9.17) is 17.3 Å². The predicted molar refractivity (Wildman–Crippen MR) is 69.4 cm³/mol. The number of aromatic nitrogens is 2. The van der Waals surface area contributed by atoms with Crippen molar-refractivity contribution in [3.8, 4) is 0 Å². The van der Waals surface area contributed by atoms with E-state index in [0.29, 0.717) is 29.6 Å². The van der Waals surface area contributed by atoms with Crippen LogP contribution in [-0.2, 0) is 0 Å². The summed E-state index contributed by atoms with van der Waals surface area (Å²) in [5.41, 5.74) is 6.05. The zero-order valence-corrected chi connectivity index (χ0v) is 11.4. The van der Waals surface area contributed by atoms with Crippen LogP contribution < -0.4 is 5.73 Å². The van der Waals surface area contributed by atoms with E-state index in [1.165, 1.54) is 6.20 Å². The maximum atomic E-state index is 12.1. The van der Waals surface area contributed by atoms with Crippen LogP contribution in [0.5, 0.6) is 0 Å². The molecule has 5 heteroatoms. The van der Waals surface area contributed by atoms with Crippen molar-refractivity contribution in [2.45, 2.75) is 39.7 Å². The monoisotopic (exact) mass is 257 g/mol. The van der Waals surface area contributed by atoms with E-state index in [-0.39, 0.29) is 11.8 Å². The van der Waals surface area contributed by atoms with Gasteiger partial charge in [-0.2, -0.15) is 5.10 Å². The third-order valence-corrected chi connectivity index (χ3v) is 3.05. The van der Waals surface area contributed by atoms with Gasteiger partial charge in [0.2, 0.25) is 0 Å². The number of nitrogens with zero attached hydrogens (tertiary/aromatic N) is 2. The molecule has 0 aliphatic rings. The molecule has 0 radical (unpaired) electrons. The molecule has 96 valence electrons. The summed E-state index contributed by atoms with van der Waals surface area (Å²) in [5, 5.41) is 4.56. The van der Waals surface area contributed by atoms with E-state index in [9.17, 15) is 4.79 Å². The van der Waals surface area contributed by atoms with Gasteiger partial charge in [0.1, 0.15) is 5.69 Å². The standard InChI is InChI=1S/C12H20ClN3O/c1-8(2)16-12(10(13)7-15-16)11(17)5-4-9(3)6-14/h7-9H,4-6,14H2,1-3H3.